The van der Waals surface area contributed by atoms with E-state index < -0.39 is 0 Å². The molecule has 0 N–H and O–H groups in total. The molecular formula is C17H21N3O. The van der Waals surface area contributed by atoms with Crippen LogP contribution in [0.1, 0.15) is 31.2 Å². The average Bonchev–Trinajstić information content (AvgIpc) is 3.38. The van der Waals surface area contributed by atoms with Crippen molar-refractivity contribution in [3.8, 4) is 6.07 Å². The fourth-order valence-corrected chi connectivity index (χ4v) is 3.05. The Bertz CT molecular complexity index is 556. The SMILES string of the molecule is CN(C(=O)C1CC1)C1CCCN(c2ccc(C#N)cc2)C1. The molecule has 1 aromatic carbocycles. The molecule has 4 nitrogen and oxygen atoms in total. The molecule has 1 aromatic rings. The van der Waals surface area contributed by atoms with E-state index in [9.17, 15) is 4.79 Å². The van der Waals surface area contributed by atoms with Gasteiger partial charge in [-0.3, -0.25) is 4.79 Å². The summed E-state index contributed by atoms with van der Waals surface area (Å²) in [5.41, 5.74) is 1.83. The van der Waals surface area contributed by atoms with Gasteiger partial charge in [0.2, 0.25) is 5.91 Å². The number of anilines is 1. The Kier molecular flexibility index (Phi) is 3.83. The van der Waals surface area contributed by atoms with Crippen molar-refractivity contribution >= 4 is 11.6 Å². The van der Waals surface area contributed by atoms with Gasteiger partial charge in [-0.1, -0.05) is 0 Å². The molecular weight excluding hydrogens is 262 g/mol. The first-order valence-electron chi connectivity index (χ1n) is 7.71. The van der Waals surface area contributed by atoms with Gasteiger partial charge in [0.05, 0.1) is 11.6 Å². The number of hydrogen-bond donors (Lipinski definition) is 0. The number of rotatable bonds is 3. The monoisotopic (exact) mass is 283 g/mol. The lowest BCUT2D eigenvalue weighted by atomic mass is 10.0. The second-order valence-electron chi connectivity index (χ2n) is 6.12. The highest BCUT2D eigenvalue weighted by Crippen LogP contribution is 2.32. The molecule has 1 unspecified atom stereocenters. The van der Waals surface area contributed by atoms with E-state index in [1.807, 2.05) is 36.2 Å². The molecule has 4 heteroatoms. The summed E-state index contributed by atoms with van der Waals surface area (Å²) < 4.78 is 0. The van der Waals surface area contributed by atoms with Crippen molar-refractivity contribution in [2.45, 2.75) is 31.7 Å². The zero-order chi connectivity index (χ0) is 14.8. The highest BCUT2D eigenvalue weighted by molar-refractivity contribution is 5.81. The van der Waals surface area contributed by atoms with E-state index in [1.54, 1.807) is 0 Å². The topological polar surface area (TPSA) is 47.3 Å². The van der Waals surface area contributed by atoms with Crippen LogP contribution in [0.25, 0.3) is 0 Å². The van der Waals surface area contributed by atoms with Crippen LogP contribution in [0.5, 0.6) is 0 Å². The van der Waals surface area contributed by atoms with Gasteiger partial charge in [0.1, 0.15) is 0 Å². The Morgan fingerprint density at radius 2 is 2.00 bits per heavy atom. The third kappa shape index (κ3) is 3.02. The van der Waals surface area contributed by atoms with Crippen LogP contribution < -0.4 is 4.90 Å². The van der Waals surface area contributed by atoms with E-state index in [0.717, 1.165) is 44.5 Å². The Morgan fingerprint density at radius 1 is 1.29 bits per heavy atom. The van der Waals surface area contributed by atoms with E-state index in [-0.39, 0.29) is 0 Å². The lowest BCUT2D eigenvalue weighted by molar-refractivity contribution is -0.133. The van der Waals surface area contributed by atoms with Crippen LogP contribution in [-0.2, 0) is 4.79 Å². The van der Waals surface area contributed by atoms with Gasteiger partial charge >= 0.3 is 0 Å². The Labute approximate surface area is 126 Å². The Morgan fingerprint density at radius 3 is 2.62 bits per heavy atom. The standard InChI is InChI=1S/C17H21N3O/c1-19(17(21)14-6-7-14)16-3-2-10-20(12-16)15-8-4-13(11-18)5-9-15/h4-5,8-9,14,16H,2-3,6-7,10,12H2,1H3. The molecule has 1 heterocycles. The summed E-state index contributed by atoms with van der Waals surface area (Å²) in [6.07, 6.45) is 4.32. The number of amides is 1. The largest absolute Gasteiger partial charge is 0.369 e. The predicted octanol–water partition coefficient (Wildman–Crippen LogP) is 2.40. The number of carbonyl (C=O) groups excluding carboxylic acids is 1. The van der Waals surface area contributed by atoms with Gasteiger partial charge in [-0.05, 0) is 49.9 Å². The van der Waals surface area contributed by atoms with Crippen LogP contribution in [0.2, 0.25) is 0 Å². The van der Waals surface area contributed by atoms with Gasteiger partial charge in [-0.25, -0.2) is 0 Å². The molecule has 2 aliphatic rings. The average molecular weight is 283 g/mol. The number of piperidine rings is 1. The van der Waals surface area contributed by atoms with Crippen molar-refractivity contribution in [1.82, 2.24) is 4.90 Å². The van der Waals surface area contributed by atoms with Crippen LogP contribution in [0.15, 0.2) is 24.3 Å². The van der Waals surface area contributed by atoms with E-state index in [2.05, 4.69) is 11.0 Å². The molecule has 0 bridgehead atoms. The van der Waals surface area contributed by atoms with E-state index in [0.29, 0.717) is 23.4 Å². The number of nitriles is 1. The molecule has 21 heavy (non-hydrogen) atoms. The highest BCUT2D eigenvalue weighted by atomic mass is 16.2. The second-order valence-corrected chi connectivity index (χ2v) is 6.12. The molecule has 1 aliphatic carbocycles. The maximum atomic E-state index is 12.2. The summed E-state index contributed by atoms with van der Waals surface area (Å²) in [6.45, 7) is 1.91. The molecule has 2 fully saturated rings. The second kappa shape index (κ2) is 5.77. The lowest BCUT2D eigenvalue weighted by Crippen LogP contribution is -2.49. The van der Waals surface area contributed by atoms with Crippen molar-refractivity contribution in [2.75, 3.05) is 25.0 Å². The molecule has 1 aliphatic heterocycles. The van der Waals surface area contributed by atoms with Crippen molar-refractivity contribution in [3.05, 3.63) is 29.8 Å². The van der Waals surface area contributed by atoms with Gasteiger partial charge in [0.15, 0.2) is 0 Å². The lowest BCUT2D eigenvalue weighted by Gasteiger charge is -2.39. The zero-order valence-electron chi connectivity index (χ0n) is 12.5. The normalized spacial score (nSPS) is 21.7. The molecule has 0 aromatic heterocycles. The summed E-state index contributed by atoms with van der Waals surface area (Å²) in [7, 11) is 1.95. The molecule has 1 amide bonds. The summed E-state index contributed by atoms with van der Waals surface area (Å²) in [6, 6.07) is 10.2. The zero-order valence-corrected chi connectivity index (χ0v) is 12.5. The van der Waals surface area contributed by atoms with Crippen molar-refractivity contribution in [1.29, 1.82) is 5.26 Å². The minimum Gasteiger partial charge on any atom is -0.369 e. The van der Waals surface area contributed by atoms with Gasteiger partial charge < -0.3 is 9.80 Å². The first-order valence-corrected chi connectivity index (χ1v) is 7.71. The van der Waals surface area contributed by atoms with E-state index in [1.165, 1.54) is 0 Å². The fourth-order valence-electron chi connectivity index (χ4n) is 3.05. The molecule has 110 valence electrons. The molecule has 0 radical (unpaired) electrons. The Balaban J connectivity index is 1.67. The van der Waals surface area contributed by atoms with Gasteiger partial charge in [-0.15, -0.1) is 0 Å². The number of benzene rings is 1. The molecule has 0 spiro atoms. The fraction of sp³-hybridized carbons (Fsp3) is 0.529. The van der Waals surface area contributed by atoms with Crippen molar-refractivity contribution in [2.24, 2.45) is 5.92 Å². The number of nitrogens with zero attached hydrogens (tertiary/aromatic N) is 3. The molecule has 1 saturated carbocycles. The van der Waals surface area contributed by atoms with Gasteiger partial charge in [0, 0.05) is 37.8 Å². The van der Waals surface area contributed by atoms with E-state index in [4.69, 9.17) is 5.26 Å². The summed E-state index contributed by atoms with van der Waals surface area (Å²) >= 11 is 0. The summed E-state index contributed by atoms with van der Waals surface area (Å²) in [5.74, 6) is 0.613. The van der Waals surface area contributed by atoms with E-state index >= 15 is 0 Å². The third-order valence-electron chi connectivity index (χ3n) is 4.58. The number of likely N-dealkylation sites (N-methyl/N-ethyl adjacent to an activating group) is 1. The quantitative estimate of drug-likeness (QED) is 0.855. The van der Waals surface area contributed by atoms with Crippen molar-refractivity contribution in [3.63, 3.8) is 0 Å². The third-order valence-corrected chi connectivity index (χ3v) is 4.58. The first kappa shape index (κ1) is 13.9. The van der Waals surface area contributed by atoms with Crippen LogP contribution in [0.4, 0.5) is 5.69 Å². The number of hydrogen-bond acceptors (Lipinski definition) is 3. The molecule has 1 saturated heterocycles. The predicted molar refractivity (Wildman–Crippen MR) is 81.9 cm³/mol. The summed E-state index contributed by atoms with van der Waals surface area (Å²) in [5, 5.41) is 8.86. The van der Waals surface area contributed by atoms with Crippen LogP contribution in [0.3, 0.4) is 0 Å². The minimum absolute atomic E-state index is 0.292. The van der Waals surface area contributed by atoms with Crippen LogP contribution >= 0.6 is 0 Å². The maximum Gasteiger partial charge on any atom is 0.225 e. The van der Waals surface area contributed by atoms with Gasteiger partial charge in [0.25, 0.3) is 0 Å². The first-order chi connectivity index (χ1) is 10.2. The minimum atomic E-state index is 0.292. The van der Waals surface area contributed by atoms with Crippen LogP contribution in [0, 0.1) is 17.2 Å². The summed E-state index contributed by atoms with van der Waals surface area (Å²) in [4.78, 5) is 16.5. The van der Waals surface area contributed by atoms with Gasteiger partial charge in [-0.2, -0.15) is 5.26 Å². The highest BCUT2D eigenvalue weighted by Gasteiger charge is 2.35. The molecule has 3 rings (SSSR count). The smallest absolute Gasteiger partial charge is 0.225 e. The number of carbonyl (C=O) groups is 1. The van der Waals surface area contributed by atoms with Crippen LogP contribution in [-0.4, -0.2) is 37.0 Å². The maximum absolute atomic E-state index is 12.2. The molecule has 1 atom stereocenters. The van der Waals surface area contributed by atoms with Crippen molar-refractivity contribution < 1.29 is 4.79 Å². The Hall–Kier alpha value is -2.02.